The van der Waals surface area contributed by atoms with Crippen LogP contribution >= 0.6 is 11.8 Å². The monoisotopic (exact) mass is 328 g/mol. The van der Waals surface area contributed by atoms with Gasteiger partial charge in [-0.2, -0.15) is 0 Å². The van der Waals surface area contributed by atoms with Gasteiger partial charge >= 0.3 is 0 Å². The number of nitrogens with one attached hydrogen (secondary N) is 1. The van der Waals surface area contributed by atoms with Crippen LogP contribution in [-0.4, -0.2) is 47.3 Å². The number of hydrogen-bond donors (Lipinski definition) is 1. The van der Waals surface area contributed by atoms with E-state index in [4.69, 9.17) is 9.57 Å². The van der Waals surface area contributed by atoms with Gasteiger partial charge in [-0.1, -0.05) is 13.0 Å². The zero-order valence-electron chi connectivity index (χ0n) is 13.2. The van der Waals surface area contributed by atoms with Crippen molar-refractivity contribution in [2.45, 2.75) is 51.9 Å². The molecule has 6 nitrogen and oxygen atoms in total. The zero-order valence-corrected chi connectivity index (χ0v) is 14.0. The highest BCUT2D eigenvalue weighted by molar-refractivity contribution is 7.99. The number of rotatable bonds is 5. The molecule has 0 saturated carbocycles. The van der Waals surface area contributed by atoms with Gasteiger partial charge < -0.3 is 9.64 Å². The van der Waals surface area contributed by atoms with Gasteiger partial charge in [-0.3, -0.25) is 9.59 Å². The summed E-state index contributed by atoms with van der Waals surface area (Å²) in [4.78, 5) is 31.5. The number of thioether (sulfide) groups is 1. The molecule has 2 aliphatic rings. The molecule has 0 aromatic heterocycles. The summed E-state index contributed by atoms with van der Waals surface area (Å²) in [5, 5.41) is 0. The molecule has 2 heterocycles. The molecule has 2 fully saturated rings. The van der Waals surface area contributed by atoms with Crippen molar-refractivity contribution >= 4 is 23.6 Å². The number of ether oxygens (including phenoxy) is 1. The predicted octanol–water partition coefficient (Wildman–Crippen LogP) is 1.82. The second-order valence-corrected chi connectivity index (χ2v) is 6.47. The maximum Gasteiger partial charge on any atom is 0.267 e. The second-order valence-electron chi connectivity index (χ2n) is 5.47. The van der Waals surface area contributed by atoms with Crippen molar-refractivity contribution < 1.29 is 19.2 Å². The van der Waals surface area contributed by atoms with E-state index in [-0.39, 0.29) is 18.1 Å². The third-order valence-electron chi connectivity index (χ3n) is 3.72. The van der Waals surface area contributed by atoms with Crippen LogP contribution in [-0.2, 0) is 19.2 Å². The fourth-order valence-corrected chi connectivity index (χ4v) is 3.63. The van der Waals surface area contributed by atoms with Crippen LogP contribution in [0, 0.1) is 0 Å². The fraction of sp³-hybridized carbons (Fsp3) is 0.733. The number of allylic oxidation sites excluding steroid dienone is 1. The summed E-state index contributed by atoms with van der Waals surface area (Å²) in [5.74, 6) is 0.759. The lowest BCUT2D eigenvalue weighted by atomic mass is 10.2. The molecule has 0 bridgehead atoms. The molecule has 0 aromatic rings. The van der Waals surface area contributed by atoms with E-state index in [1.54, 1.807) is 23.6 Å². The second kappa shape index (κ2) is 8.55. The molecule has 22 heavy (non-hydrogen) atoms. The lowest BCUT2D eigenvalue weighted by molar-refractivity contribution is -0.202. The van der Waals surface area contributed by atoms with Crippen molar-refractivity contribution in [3.05, 3.63) is 11.6 Å². The van der Waals surface area contributed by atoms with E-state index < -0.39 is 6.04 Å². The van der Waals surface area contributed by atoms with Crippen LogP contribution in [0.2, 0.25) is 0 Å². The minimum absolute atomic E-state index is 0.0825. The summed E-state index contributed by atoms with van der Waals surface area (Å²) in [6, 6.07) is -0.485. The van der Waals surface area contributed by atoms with E-state index in [0.29, 0.717) is 23.8 Å². The quantitative estimate of drug-likeness (QED) is 0.616. The van der Waals surface area contributed by atoms with Crippen LogP contribution in [0.5, 0.6) is 0 Å². The molecule has 2 saturated heterocycles. The van der Waals surface area contributed by atoms with Gasteiger partial charge in [0.1, 0.15) is 6.04 Å². The minimum atomic E-state index is -0.485. The number of carbonyl (C=O) groups is 2. The Balaban J connectivity index is 1.87. The summed E-state index contributed by atoms with van der Waals surface area (Å²) in [6.45, 7) is 4.43. The Morgan fingerprint density at radius 2 is 2.27 bits per heavy atom. The van der Waals surface area contributed by atoms with Crippen molar-refractivity contribution in [1.82, 2.24) is 10.4 Å². The van der Waals surface area contributed by atoms with Crippen LogP contribution < -0.4 is 5.48 Å². The van der Waals surface area contributed by atoms with Gasteiger partial charge in [-0.05, 0) is 26.2 Å². The predicted molar refractivity (Wildman–Crippen MR) is 84.8 cm³/mol. The van der Waals surface area contributed by atoms with E-state index >= 15 is 0 Å². The molecule has 2 atom stereocenters. The normalized spacial score (nSPS) is 26.1. The number of nitrogens with zero attached hydrogens (tertiary/aromatic N) is 1. The summed E-state index contributed by atoms with van der Waals surface area (Å²) in [6.07, 6.45) is 5.15. The Morgan fingerprint density at radius 3 is 2.95 bits per heavy atom. The standard InChI is InChI=1S/C15H24N2O4S/c1-3-6-11(2)15(19)17-10-22-9-12(17)14(18)16-21-13-7-4-5-8-20-13/h6,12-13H,3-5,7-10H2,1-2H3,(H,16,18). The number of hydroxylamine groups is 1. The molecule has 2 unspecified atom stereocenters. The highest BCUT2D eigenvalue weighted by atomic mass is 32.2. The topological polar surface area (TPSA) is 67.9 Å². The Hall–Kier alpha value is -1.05. The first kappa shape index (κ1) is 17.3. The fourth-order valence-electron chi connectivity index (χ4n) is 2.48. The van der Waals surface area contributed by atoms with Gasteiger partial charge in [0.15, 0.2) is 6.29 Å². The highest BCUT2D eigenvalue weighted by Crippen LogP contribution is 2.23. The van der Waals surface area contributed by atoms with Gasteiger partial charge in [0.05, 0.1) is 5.88 Å². The minimum Gasteiger partial charge on any atom is -0.350 e. The largest absolute Gasteiger partial charge is 0.350 e. The lowest BCUT2D eigenvalue weighted by Gasteiger charge is -2.26. The maximum absolute atomic E-state index is 12.4. The Kier molecular flexibility index (Phi) is 6.72. The molecule has 0 aromatic carbocycles. The average molecular weight is 328 g/mol. The number of hydrogen-bond acceptors (Lipinski definition) is 5. The molecule has 2 aliphatic heterocycles. The van der Waals surface area contributed by atoms with Crippen LogP contribution in [0.4, 0.5) is 0 Å². The maximum atomic E-state index is 12.4. The van der Waals surface area contributed by atoms with Crippen LogP contribution in [0.25, 0.3) is 0 Å². The molecule has 7 heteroatoms. The molecular formula is C15H24N2O4S. The van der Waals surface area contributed by atoms with Gasteiger partial charge in [-0.25, -0.2) is 10.3 Å². The molecule has 0 spiro atoms. The molecule has 2 rings (SSSR count). The van der Waals surface area contributed by atoms with Crippen LogP contribution in [0.15, 0.2) is 11.6 Å². The molecule has 124 valence electrons. The summed E-state index contributed by atoms with van der Waals surface area (Å²) in [7, 11) is 0. The van der Waals surface area contributed by atoms with Crippen molar-refractivity contribution in [3.63, 3.8) is 0 Å². The summed E-state index contributed by atoms with van der Waals surface area (Å²) < 4.78 is 5.40. The van der Waals surface area contributed by atoms with E-state index in [0.717, 1.165) is 25.7 Å². The smallest absolute Gasteiger partial charge is 0.267 e. The molecule has 0 radical (unpaired) electrons. The van der Waals surface area contributed by atoms with Gasteiger partial charge in [0, 0.05) is 24.4 Å². The van der Waals surface area contributed by atoms with Crippen molar-refractivity contribution in [2.75, 3.05) is 18.2 Å². The lowest BCUT2D eigenvalue weighted by Crippen LogP contribution is -2.48. The molecule has 2 amide bonds. The molecular weight excluding hydrogens is 304 g/mol. The first-order valence-electron chi connectivity index (χ1n) is 7.76. The van der Waals surface area contributed by atoms with Crippen molar-refractivity contribution in [1.29, 1.82) is 0 Å². The van der Waals surface area contributed by atoms with Crippen molar-refractivity contribution in [3.8, 4) is 0 Å². The van der Waals surface area contributed by atoms with Crippen molar-refractivity contribution in [2.24, 2.45) is 0 Å². The van der Waals surface area contributed by atoms with E-state index in [1.807, 2.05) is 13.0 Å². The average Bonchev–Trinajstić information content (AvgIpc) is 3.02. The summed E-state index contributed by atoms with van der Waals surface area (Å²) in [5.41, 5.74) is 3.14. The third-order valence-corrected chi connectivity index (χ3v) is 4.73. The number of amides is 2. The highest BCUT2D eigenvalue weighted by Gasteiger charge is 2.35. The molecule has 0 aliphatic carbocycles. The Bertz CT molecular complexity index is 435. The third kappa shape index (κ3) is 4.47. The Morgan fingerprint density at radius 1 is 1.45 bits per heavy atom. The Labute approximate surface area is 135 Å². The summed E-state index contributed by atoms with van der Waals surface area (Å²) >= 11 is 1.57. The zero-order chi connectivity index (χ0) is 15.9. The van der Waals surface area contributed by atoms with E-state index in [2.05, 4.69) is 5.48 Å². The first-order valence-corrected chi connectivity index (χ1v) is 8.91. The van der Waals surface area contributed by atoms with E-state index in [9.17, 15) is 9.59 Å². The van der Waals surface area contributed by atoms with Crippen LogP contribution in [0.1, 0.15) is 39.5 Å². The van der Waals surface area contributed by atoms with Gasteiger partial charge in [-0.15, -0.1) is 11.8 Å². The number of carbonyl (C=O) groups excluding carboxylic acids is 2. The first-order chi connectivity index (χ1) is 10.6. The molecule has 1 N–H and O–H groups in total. The van der Waals surface area contributed by atoms with E-state index in [1.165, 1.54) is 0 Å². The van der Waals surface area contributed by atoms with Gasteiger partial charge in [0.25, 0.3) is 11.8 Å². The SMILES string of the molecule is CCC=C(C)C(=O)N1CSCC1C(=O)NOC1CCCCO1. The van der Waals surface area contributed by atoms with Gasteiger partial charge in [0.2, 0.25) is 0 Å². The van der Waals surface area contributed by atoms with Crippen LogP contribution in [0.3, 0.4) is 0 Å².